The molecule has 1 aromatic carbocycles. The molecule has 32 heavy (non-hydrogen) atoms. The highest BCUT2D eigenvalue weighted by atomic mass is 19.1. The molecule has 1 aliphatic rings. The fourth-order valence-electron chi connectivity index (χ4n) is 4.06. The second-order valence-electron chi connectivity index (χ2n) is 7.85. The second-order valence-corrected chi connectivity index (χ2v) is 7.85. The number of allylic oxidation sites excluding steroid dienone is 1. The minimum atomic E-state index is -0.972. The molecule has 0 radical (unpaired) electrons. The fraction of sp³-hybridized carbons (Fsp3) is 0.208. The Labute approximate surface area is 183 Å². The predicted octanol–water partition coefficient (Wildman–Crippen LogP) is 4.96. The first-order valence-corrected chi connectivity index (χ1v) is 10.1. The molecule has 0 bridgehead atoms. The minimum Gasteiger partial charge on any atom is -0.324 e. The first-order valence-electron chi connectivity index (χ1n) is 10.1. The summed E-state index contributed by atoms with van der Waals surface area (Å²) in [6.45, 7) is 2.01. The van der Waals surface area contributed by atoms with Gasteiger partial charge in [-0.05, 0) is 61.6 Å². The maximum Gasteiger partial charge on any atom is 0.274 e. The van der Waals surface area contributed by atoms with Gasteiger partial charge in [-0.15, -0.1) is 0 Å². The number of hydrogen-bond acceptors (Lipinski definition) is 4. The largest absolute Gasteiger partial charge is 0.324 e. The summed E-state index contributed by atoms with van der Waals surface area (Å²) in [5, 5.41) is 2.75. The highest BCUT2D eigenvalue weighted by molar-refractivity contribution is 6.03. The third kappa shape index (κ3) is 4.40. The van der Waals surface area contributed by atoms with Crippen LogP contribution in [0.25, 0.3) is 11.3 Å². The van der Waals surface area contributed by atoms with E-state index in [0.29, 0.717) is 5.69 Å². The first-order chi connectivity index (χ1) is 15.3. The van der Waals surface area contributed by atoms with E-state index in [-0.39, 0.29) is 17.7 Å². The SMILES string of the molecule is CC1=C[C@H](N)C[C@H](c2ccncc2NC(=O)c2ccc(F)c(-c3c(F)cccc3F)n2)C1. The lowest BCUT2D eigenvalue weighted by Crippen LogP contribution is -2.25. The van der Waals surface area contributed by atoms with E-state index in [1.807, 2.05) is 19.1 Å². The van der Waals surface area contributed by atoms with Gasteiger partial charge in [0.25, 0.3) is 5.91 Å². The maximum absolute atomic E-state index is 14.3. The summed E-state index contributed by atoms with van der Waals surface area (Å²) in [5.41, 5.74) is 7.26. The lowest BCUT2D eigenvalue weighted by Gasteiger charge is -2.27. The van der Waals surface area contributed by atoms with Gasteiger partial charge in [-0.2, -0.15) is 0 Å². The summed E-state index contributed by atoms with van der Waals surface area (Å²) in [5.74, 6) is -3.44. The van der Waals surface area contributed by atoms with Crippen LogP contribution < -0.4 is 11.1 Å². The summed E-state index contributed by atoms with van der Waals surface area (Å²) in [6.07, 6.45) is 6.70. The summed E-state index contributed by atoms with van der Waals surface area (Å²) >= 11 is 0. The molecule has 0 saturated carbocycles. The molecule has 2 atom stereocenters. The molecule has 2 heterocycles. The normalized spacial score (nSPS) is 18.2. The molecule has 2 aromatic heterocycles. The summed E-state index contributed by atoms with van der Waals surface area (Å²) < 4.78 is 42.6. The Kier molecular flexibility index (Phi) is 6.05. The number of amides is 1. The number of nitrogens with two attached hydrogens (primary N) is 1. The molecule has 0 spiro atoms. The highest BCUT2D eigenvalue weighted by Gasteiger charge is 2.24. The van der Waals surface area contributed by atoms with E-state index >= 15 is 0 Å². The number of carbonyl (C=O) groups excluding carboxylic acids is 1. The summed E-state index contributed by atoms with van der Waals surface area (Å²) in [4.78, 5) is 20.9. The Balaban J connectivity index is 1.65. The molecule has 0 fully saturated rings. The van der Waals surface area contributed by atoms with Crippen LogP contribution in [0.4, 0.5) is 18.9 Å². The number of nitrogens with zero attached hydrogens (tertiary/aromatic N) is 2. The summed E-state index contributed by atoms with van der Waals surface area (Å²) in [6, 6.07) is 7.03. The van der Waals surface area contributed by atoms with Crippen molar-refractivity contribution in [3.05, 3.63) is 89.2 Å². The lowest BCUT2D eigenvalue weighted by molar-refractivity contribution is 0.102. The van der Waals surface area contributed by atoms with Crippen molar-refractivity contribution in [1.29, 1.82) is 0 Å². The van der Waals surface area contributed by atoms with Crippen molar-refractivity contribution in [2.45, 2.75) is 31.7 Å². The minimum absolute atomic E-state index is 0.0811. The van der Waals surface area contributed by atoms with Gasteiger partial charge in [0.2, 0.25) is 0 Å². The monoisotopic (exact) mass is 438 g/mol. The molecule has 1 aliphatic carbocycles. The third-order valence-electron chi connectivity index (χ3n) is 5.44. The van der Waals surface area contributed by atoms with E-state index < -0.39 is 34.6 Å². The van der Waals surface area contributed by atoms with Crippen molar-refractivity contribution in [2.75, 3.05) is 5.32 Å². The molecule has 8 heteroatoms. The fourth-order valence-corrected chi connectivity index (χ4v) is 4.06. The van der Waals surface area contributed by atoms with Crippen LogP contribution in [0, 0.1) is 17.5 Å². The maximum atomic E-state index is 14.3. The molecule has 0 unspecified atom stereocenters. The van der Waals surface area contributed by atoms with Gasteiger partial charge in [0.15, 0.2) is 0 Å². The third-order valence-corrected chi connectivity index (χ3v) is 5.44. The van der Waals surface area contributed by atoms with Crippen LogP contribution in [0.5, 0.6) is 0 Å². The number of rotatable bonds is 4. The lowest BCUT2D eigenvalue weighted by atomic mass is 9.82. The Bertz CT molecular complexity index is 1190. The van der Waals surface area contributed by atoms with E-state index in [9.17, 15) is 18.0 Å². The van der Waals surface area contributed by atoms with Crippen molar-refractivity contribution in [3.8, 4) is 11.3 Å². The zero-order valence-corrected chi connectivity index (χ0v) is 17.3. The average Bonchev–Trinajstić information content (AvgIpc) is 2.74. The number of benzene rings is 1. The van der Waals surface area contributed by atoms with E-state index in [4.69, 9.17) is 5.73 Å². The quantitative estimate of drug-likeness (QED) is 0.564. The van der Waals surface area contributed by atoms with Gasteiger partial charge in [0.1, 0.15) is 28.8 Å². The van der Waals surface area contributed by atoms with Crippen LogP contribution >= 0.6 is 0 Å². The van der Waals surface area contributed by atoms with Crippen LogP contribution in [0.3, 0.4) is 0 Å². The Morgan fingerprint density at radius 3 is 2.56 bits per heavy atom. The van der Waals surface area contributed by atoms with Crippen LogP contribution in [-0.2, 0) is 0 Å². The van der Waals surface area contributed by atoms with Crippen molar-refractivity contribution in [1.82, 2.24) is 9.97 Å². The van der Waals surface area contributed by atoms with Gasteiger partial charge in [0.05, 0.1) is 17.4 Å². The summed E-state index contributed by atoms with van der Waals surface area (Å²) in [7, 11) is 0. The number of nitrogens with one attached hydrogen (secondary N) is 1. The highest BCUT2D eigenvalue weighted by Crippen LogP contribution is 2.36. The predicted molar refractivity (Wildman–Crippen MR) is 115 cm³/mol. The average molecular weight is 438 g/mol. The van der Waals surface area contributed by atoms with E-state index in [1.54, 1.807) is 6.20 Å². The van der Waals surface area contributed by atoms with Crippen LogP contribution in [0.1, 0.15) is 41.7 Å². The molecule has 3 aromatic rings. The van der Waals surface area contributed by atoms with E-state index in [2.05, 4.69) is 15.3 Å². The molecule has 3 N–H and O–H groups in total. The number of pyridine rings is 2. The van der Waals surface area contributed by atoms with Gasteiger partial charge in [-0.3, -0.25) is 9.78 Å². The molecule has 1 amide bonds. The Morgan fingerprint density at radius 1 is 1.09 bits per heavy atom. The van der Waals surface area contributed by atoms with E-state index in [1.165, 1.54) is 17.8 Å². The van der Waals surface area contributed by atoms with Gasteiger partial charge >= 0.3 is 0 Å². The smallest absolute Gasteiger partial charge is 0.274 e. The van der Waals surface area contributed by atoms with Crippen LogP contribution in [0.2, 0.25) is 0 Å². The number of anilines is 1. The standard InChI is InChI=1S/C24H21F3N4O/c1-13-9-14(11-15(28)10-13)16-7-8-29-12-21(16)31-24(32)20-6-5-19(27)23(30-20)22-17(25)3-2-4-18(22)26/h2-8,10,12,14-15H,9,11,28H2,1H3,(H,31,32)/t14-,15+/m1/s1. The molecule has 5 nitrogen and oxygen atoms in total. The number of hydrogen-bond donors (Lipinski definition) is 2. The number of halogens is 3. The van der Waals surface area contributed by atoms with Crippen molar-refractivity contribution in [3.63, 3.8) is 0 Å². The topological polar surface area (TPSA) is 80.9 Å². The van der Waals surface area contributed by atoms with Gasteiger partial charge in [-0.1, -0.05) is 17.7 Å². The van der Waals surface area contributed by atoms with Crippen LogP contribution in [-0.4, -0.2) is 21.9 Å². The van der Waals surface area contributed by atoms with Crippen molar-refractivity contribution >= 4 is 11.6 Å². The zero-order valence-electron chi connectivity index (χ0n) is 17.3. The Hall–Kier alpha value is -3.52. The second kappa shape index (κ2) is 8.92. The number of aromatic nitrogens is 2. The molecule has 4 rings (SSSR count). The van der Waals surface area contributed by atoms with Gasteiger partial charge < -0.3 is 11.1 Å². The van der Waals surface area contributed by atoms with Gasteiger partial charge in [0, 0.05) is 12.2 Å². The number of carbonyl (C=O) groups is 1. The van der Waals surface area contributed by atoms with Gasteiger partial charge in [-0.25, -0.2) is 18.2 Å². The van der Waals surface area contributed by atoms with Crippen molar-refractivity contribution in [2.24, 2.45) is 5.73 Å². The van der Waals surface area contributed by atoms with E-state index in [0.717, 1.165) is 42.7 Å². The molecular weight excluding hydrogens is 417 g/mol. The van der Waals surface area contributed by atoms with Crippen molar-refractivity contribution < 1.29 is 18.0 Å². The molecular formula is C24H21F3N4O. The Morgan fingerprint density at radius 2 is 1.84 bits per heavy atom. The van der Waals surface area contributed by atoms with Crippen LogP contribution in [0.15, 0.2) is 60.4 Å². The molecule has 0 aliphatic heterocycles. The molecule has 164 valence electrons. The molecule has 0 saturated heterocycles. The first kappa shape index (κ1) is 21.7. The zero-order chi connectivity index (χ0) is 22.8.